The molecule has 5 nitrogen and oxygen atoms in total. The first-order valence-electron chi connectivity index (χ1n) is 6.85. The second kappa shape index (κ2) is 7.28. The first-order chi connectivity index (χ1) is 10.9. The summed E-state index contributed by atoms with van der Waals surface area (Å²) in [6, 6.07) is 13.2. The molecule has 0 saturated heterocycles. The molecule has 120 valence electrons. The summed E-state index contributed by atoms with van der Waals surface area (Å²) in [6.07, 6.45) is -1.07. The third-order valence-electron chi connectivity index (χ3n) is 3.17. The number of carbonyl (C=O) groups excluding carboxylic acids is 2. The first-order valence-corrected chi connectivity index (χ1v) is 7.65. The number of hydrogen-bond acceptors (Lipinski definition) is 4. The monoisotopic (exact) mass is 377 g/mol. The van der Waals surface area contributed by atoms with Gasteiger partial charge in [0.25, 0.3) is 5.91 Å². The fraction of sp³-hybridized carbons (Fsp3) is 0.176. The van der Waals surface area contributed by atoms with Gasteiger partial charge >= 0.3 is 5.97 Å². The van der Waals surface area contributed by atoms with Gasteiger partial charge in [-0.25, -0.2) is 4.79 Å². The molecule has 1 N–H and O–H groups in total. The number of rotatable bonds is 4. The molecule has 0 aliphatic carbocycles. The van der Waals surface area contributed by atoms with E-state index >= 15 is 0 Å². The Morgan fingerprint density at radius 3 is 2.39 bits per heavy atom. The van der Waals surface area contributed by atoms with Gasteiger partial charge in [-0.3, -0.25) is 4.79 Å². The van der Waals surface area contributed by atoms with Crippen molar-refractivity contribution in [3.8, 4) is 5.75 Å². The van der Waals surface area contributed by atoms with Crippen molar-refractivity contribution in [3.05, 3.63) is 64.1 Å². The second-order valence-electron chi connectivity index (χ2n) is 5.09. The molecule has 2 aromatic rings. The number of likely N-dealkylation sites (N-methyl/N-ethyl adjacent to an activating group) is 1. The van der Waals surface area contributed by atoms with Crippen LogP contribution in [0.5, 0.6) is 5.75 Å². The zero-order valence-electron chi connectivity index (χ0n) is 12.7. The average Bonchev–Trinajstić information content (AvgIpc) is 2.54. The van der Waals surface area contributed by atoms with Crippen LogP contribution in [0.3, 0.4) is 0 Å². The van der Waals surface area contributed by atoms with Crippen LogP contribution in [0, 0.1) is 0 Å². The zero-order valence-corrected chi connectivity index (χ0v) is 14.3. The highest BCUT2D eigenvalue weighted by Gasteiger charge is 2.28. The topological polar surface area (TPSA) is 66.8 Å². The standard InChI is InChI=1S/C17H16BrNO4/c1-19(2)16(21)15(11-6-4-3-5-7-11)23-17(22)13-10-12(18)8-9-14(13)20/h3-10,15,20H,1-2H3/t15-/m0/s1. The smallest absolute Gasteiger partial charge is 0.343 e. The van der Waals surface area contributed by atoms with Crippen molar-refractivity contribution < 1.29 is 19.4 Å². The Balaban J connectivity index is 2.32. The number of amides is 1. The molecule has 6 heteroatoms. The summed E-state index contributed by atoms with van der Waals surface area (Å²) >= 11 is 3.23. The number of aromatic hydroxyl groups is 1. The minimum Gasteiger partial charge on any atom is -0.507 e. The van der Waals surface area contributed by atoms with Crippen molar-refractivity contribution in [2.75, 3.05) is 14.1 Å². The van der Waals surface area contributed by atoms with Crippen LogP contribution < -0.4 is 0 Å². The van der Waals surface area contributed by atoms with Gasteiger partial charge in [-0.1, -0.05) is 46.3 Å². The molecule has 1 atom stereocenters. The summed E-state index contributed by atoms with van der Waals surface area (Å²) in [5.74, 6) is -1.34. The fourth-order valence-electron chi connectivity index (χ4n) is 1.97. The molecule has 1 amide bonds. The number of hydrogen-bond donors (Lipinski definition) is 1. The van der Waals surface area contributed by atoms with E-state index in [1.807, 2.05) is 6.07 Å². The predicted molar refractivity (Wildman–Crippen MR) is 89.1 cm³/mol. The number of phenolic OH excluding ortho intramolecular Hbond substituents is 1. The molecule has 0 aliphatic rings. The Morgan fingerprint density at radius 1 is 1.13 bits per heavy atom. The largest absolute Gasteiger partial charge is 0.507 e. The molecular formula is C17H16BrNO4. The Morgan fingerprint density at radius 2 is 1.78 bits per heavy atom. The number of benzene rings is 2. The SMILES string of the molecule is CN(C)C(=O)[C@@H](OC(=O)c1cc(Br)ccc1O)c1ccccc1. The summed E-state index contributed by atoms with van der Waals surface area (Å²) in [6.45, 7) is 0. The fourth-order valence-corrected chi connectivity index (χ4v) is 2.33. The number of nitrogens with zero attached hydrogens (tertiary/aromatic N) is 1. The maximum absolute atomic E-state index is 12.4. The van der Waals surface area contributed by atoms with Gasteiger partial charge in [-0.2, -0.15) is 0 Å². The lowest BCUT2D eigenvalue weighted by atomic mass is 10.1. The van der Waals surface area contributed by atoms with E-state index in [2.05, 4.69) is 15.9 Å². The quantitative estimate of drug-likeness (QED) is 0.831. The van der Waals surface area contributed by atoms with Gasteiger partial charge in [0.1, 0.15) is 11.3 Å². The van der Waals surface area contributed by atoms with Crippen molar-refractivity contribution in [1.29, 1.82) is 0 Å². The lowest BCUT2D eigenvalue weighted by Gasteiger charge is -2.21. The Hall–Kier alpha value is -2.34. The van der Waals surface area contributed by atoms with Gasteiger partial charge < -0.3 is 14.7 Å². The van der Waals surface area contributed by atoms with Gasteiger partial charge in [0.15, 0.2) is 0 Å². The molecule has 23 heavy (non-hydrogen) atoms. The molecule has 0 radical (unpaired) electrons. The first kappa shape index (κ1) is 17.0. The minimum atomic E-state index is -1.07. The number of ether oxygens (including phenoxy) is 1. The van der Waals surface area contributed by atoms with E-state index in [0.717, 1.165) is 0 Å². The van der Waals surface area contributed by atoms with E-state index in [9.17, 15) is 14.7 Å². The third kappa shape index (κ3) is 4.10. The number of carbonyl (C=O) groups is 2. The number of esters is 1. The molecule has 2 rings (SSSR count). The zero-order chi connectivity index (χ0) is 17.0. The van der Waals surface area contributed by atoms with Gasteiger partial charge in [-0.15, -0.1) is 0 Å². The summed E-state index contributed by atoms with van der Waals surface area (Å²) in [4.78, 5) is 26.0. The highest BCUT2D eigenvalue weighted by molar-refractivity contribution is 9.10. The van der Waals surface area contributed by atoms with E-state index in [1.165, 1.54) is 17.0 Å². The van der Waals surface area contributed by atoms with Crippen LogP contribution in [0.4, 0.5) is 0 Å². The van der Waals surface area contributed by atoms with E-state index in [0.29, 0.717) is 10.0 Å². The van der Waals surface area contributed by atoms with Gasteiger partial charge in [-0.05, 0) is 18.2 Å². The summed E-state index contributed by atoms with van der Waals surface area (Å²) in [5, 5.41) is 9.82. The molecule has 0 spiro atoms. The van der Waals surface area contributed by atoms with Crippen molar-refractivity contribution in [2.24, 2.45) is 0 Å². The molecule has 0 heterocycles. The summed E-state index contributed by atoms with van der Waals surface area (Å²) < 4.78 is 5.99. The van der Waals surface area contributed by atoms with Crippen LogP contribution in [0.1, 0.15) is 22.0 Å². The molecule has 0 unspecified atom stereocenters. The van der Waals surface area contributed by atoms with E-state index in [4.69, 9.17) is 4.74 Å². The normalized spacial score (nSPS) is 11.6. The van der Waals surface area contributed by atoms with Crippen molar-refractivity contribution in [3.63, 3.8) is 0 Å². The molecule has 0 aliphatic heterocycles. The molecule has 0 saturated carbocycles. The highest BCUT2D eigenvalue weighted by atomic mass is 79.9. The van der Waals surface area contributed by atoms with Crippen molar-refractivity contribution in [1.82, 2.24) is 4.90 Å². The van der Waals surface area contributed by atoms with Crippen LogP contribution >= 0.6 is 15.9 Å². The Kier molecular flexibility index (Phi) is 5.39. The molecule has 0 bridgehead atoms. The van der Waals surface area contributed by atoms with Gasteiger partial charge in [0.2, 0.25) is 6.10 Å². The number of phenols is 1. The predicted octanol–water partition coefficient (Wildman–Crippen LogP) is 3.14. The van der Waals surface area contributed by atoms with Crippen LogP contribution in [0.2, 0.25) is 0 Å². The Labute approximate surface area is 142 Å². The third-order valence-corrected chi connectivity index (χ3v) is 3.66. The summed E-state index contributed by atoms with van der Waals surface area (Å²) in [7, 11) is 3.17. The molecule has 2 aromatic carbocycles. The highest BCUT2D eigenvalue weighted by Crippen LogP contribution is 2.26. The van der Waals surface area contributed by atoms with Crippen molar-refractivity contribution in [2.45, 2.75) is 6.10 Å². The molecule has 0 aromatic heterocycles. The van der Waals surface area contributed by atoms with E-state index in [1.54, 1.807) is 44.4 Å². The lowest BCUT2D eigenvalue weighted by molar-refractivity contribution is -0.138. The lowest BCUT2D eigenvalue weighted by Crippen LogP contribution is -2.31. The average molecular weight is 378 g/mol. The minimum absolute atomic E-state index is 0.00753. The maximum atomic E-state index is 12.4. The van der Waals surface area contributed by atoms with E-state index < -0.39 is 12.1 Å². The van der Waals surface area contributed by atoms with Gasteiger partial charge in [0.05, 0.1) is 0 Å². The molecular weight excluding hydrogens is 362 g/mol. The molecule has 0 fully saturated rings. The Bertz CT molecular complexity index is 716. The summed E-state index contributed by atoms with van der Waals surface area (Å²) in [5.41, 5.74) is 0.556. The van der Waals surface area contributed by atoms with Crippen molar-refractivity contribution >= 4 is 27.8 Å². The van der Waals surface area contributed by atoms with Crippen LogP contribution in [0.25, 0.3) is 0 Å². The van der Waals surface area contributed by atoms with Crippen LogP contribution in [-0.4, -0.2) is 36.0 Å². The van der Waals surface area contributed by atoms with Crippen LogP contribution in [-0.2, 0) is 9.53 Å². The van der Waals surface area contributed by atoms with Crippen LogP contribution in [0.15, 0.2) is 53.0 Å². The van der Waals surface area contributed by atoms with E-state index in [-0.39, 0.29) is 17.2 Å². The van der Waals surface area contributed by atoms with Gasteiger partial charge in [0, 0.05) is 24.1 Å². The second-order valence-corrected chi connectivity index (χ2v) is 6.01. The number of halogens is 1. The maximum Gasteiger partial charge on any atom is 0.343 e.